The summed E-state index contributed by atoms with van der Waals surface area (Å²) in [6.07, 6.45) is 2.08. The van der Waals surface area contributed by atoms with Crippen molar-refractivity contribution >= 4 is 16.5 Å². The molecule has 0 saturated carbocycles. The van der Waals surface area contributed by atoms with Gasteiger partial charge < -0.3 is 10.1 Å². The summed E-state index contributed by atoms with van der Waals surface area (Å²) in [5.41, 5.74) is 1.20. The minimum Gasteiger partial charge on any atom is -0.491 e. The van der Waals surface area contributed by atoms with Crippen molar-refractivity contribution in [1.82, 2.24) is 4.98 Å². The molecule has 2 aromatic rings. The number of aryl methyl sites for hydroxylation is 1. The molecule has 1 aromatic heterocycles. The zero-order valence-corrected chi connectivity index (χ0v) is 12.6. The predicted molar refractivity (Wildman–Crippen MR) is 81.1 cm³/mol. The molecule has 19 heavy (non-hydrogen) atoms. The number of anilines is 1. The van der Waals surface area contributed by atoms with Gasteiger partial charge in [0.15, 0.2) is 5.13 Å². The van der Waals surface area contributed by atoms with Crippen molar-refractivity contribution < 1.29 is 4.74 Å². The maximum Gasteiger partial charge on any atom is 0.183 e. The molecule has 0 aliphatic carbocycles. The molecule has 2 rings (SSSR count). The first kappa shape index (κ1) is 13.9. The summed E-state index contributed by atoms with van der Waals surface area (Å²) in [5, 5.41) is 4.37. The van der Waals surface area contributed by atoms with Gasteiger partial charge in [0.25, 0.3) is 0 Å². The van der Waals surface area contributed by atoms with Gasteiger partial charge in [0.05, 0.1) is 12.1 Å². The van der Waals surface area contributed by atoms with Crippen molar-refractivity contribution in [3.8, 4) is 5.75 Å². The largest absolute Gasteiger partial charge is 0.491 e. The Balaban J connectivity index is 2.08. The van der Waals surface area contributed by atoms with Crippen LogP contribution >= 0.6 is 11.3 Å². The molecule has 1 aromatic carbocycles. The summed E-state index contributed by atoms with van der Waals surface area (Å²) >= 11 is 1.67. The zero-order chi connectivity index (χ0) is 13.8. The van der Waals surface area contributed by atoms with Crippen molar-refractivity contribution in [1.29, 1.82) is 0 Å². The molecule has 1 heterocycles. The van der Waals surface area contributed by atoms with Crippen LogP contribution in [0, 0.1) is 6.92 Å². The number of nitrogens with zero attached hydrogens (tertiary/aromatic N) is 1. The van der Waals surface area contributed by atoms with Gasteiger partial charge in [-0.1, -0.05) is 12.1 Å². The summed E-state index contributed by atoms with van der Waals surface area (Å²) in [5.74, 6) is 0.913. The lowest BCUT2D eigenvalue weighted by molar-refractivity contribution is 0.242. The second-order valence-corrected chi connectivity index (χ2v) is 6.12. The number of hydrogen-bond acceptors (Lipinski definition) is 4. The maximum atomic E-state index is 5.72. The Morgan fingerprint density at radius 3 is 2.68 bits per heavy atom. The molecule has 102 valence electrons. The van der Waals surface area contributed by atoms with Gasteiger partial charge in [-0.25, -0.2) is 4.98 Å². The molecule has 0 saturated heterocycles. The number of ether oxygens (including phenoxy) is 1. The topological polar surface area (TPSA) is 34.2 Å². The predicted octanol–water partition coefficient (Wildman–Crippen LogP) is 4.41. The molecular weight excluding hydrogens is 256 g/mol. The highest BCUT2D eigenvalue weighted by Crippen LogP contribution is 2.25. The van der Waals surface area contributed by atoms with Gasteiger partial charge >= 0.3 is 0 Å². The molecule has 0 aliphatic heterocycles. The van der Waals surface area contributed by atoms with Crippen LogP contribution in [-0.4, -0.2) is 11.1 Å². The van der Waals surface area contributed by atoms with Crippen LogP contribution in [0.25, 0.3) is 0 Å². The minimum absolute atomic E-state index is 0.195. The third kappa shape index (κ3) is 3.96. The van der Waals surface area contributed by atoms with E-state index < -0.39 is 0 Å². The molecular formula is C15H20N2OS. The van der Waals surface area contributed by atoms with Crippen LogP contribution in [0.5, 0.6) is 5.75 Å². The van der Waals surface area contributed by atoms with E-state index in [2.05, 4.69) is 36.3 Å². The number of benzene rings is 1. The molecule has 1 atom stereocenters. The van der Waals surface area contributed by atoms with Crippen molar-refractivity contribution in [3.05, 3.63) is 40.9 Å². The van der Waals surface area contributed by atoms with Gasteiger partial charge in [0.2, 0.25) is 0 Å². The molecule has 4 heteroatoms. The van der Waals surface area contributed by atoms with Crippen LogP contribution in [-0.2, 0) is 0 Å². The van der Waals surface area contributed by atoms with Gasteiger partial charge in [-0.2, -0.15) is 0 Å². The Bertz CT molecular complexity index is 536. The number of thiazole rings is 1. The molecule has 0 amide bonds. The molecule has 0 fully saturated rings. The van der Waals surface area contributed by atoms with Gasteiger partial charge in [-0.15, -0.1) is 11.3 Å². The maximum absolute atomic E-state index is 5.72. The average Bonchev–Trinajstić information content (AvgIpc) is 2.74. The van der Waals surface area contributed by atoms with Gasteiger partial charge in [-0.3, -0.25) is 0 Å². The van der Waals surface area contributed by atoms with E-state index >= 15 is 0 Å². The Morgan fingerprint density at radius 2 is 2.05 bits per heavy atom. The first-order valence-electron chi connectivity index (χ1n) is 6.50. The summed E-state index contributed by atoms with van der Waals surface area (Å²) in [4.78, 5) is 5.54. The van der Waals surface area contributed by atoms with Gasteiger partial charge in [0.1, 0.15) is 5.75 Å². The molecule has 0 aliphatic rings. The van der Waals surface area contributed by atoms with Crippen molar-refractivity contribution in [3.63, 3.8) is 0 Å². The fourth-order valence-electron chi connectivity index (χ4n) is 1.82. The lowest BCUT2D eigenvalue weighted by Crippen LogP contribution is -2.08. The highest BCUT2D eigenvalue weighted by Gasteiger charge is 2.09. The van der Waals surface area contributed by atoms with E-state index in [1.165, 1.54) is 10.4 Å². The van der Waals surface area contributed by atoms with Crippen molar-refractivity contribution in [2.45, 2.75) is 39.8 Å². The average molecular weight is 276 g/mol. The third-order valence-corrected chi connectivity index (χ3v) is 3.54. The fourth-order valence-corrected chi connectivity index (χ4v) is 2.57. The third-order valence-electron chi connectivity index (χ3n) is 2.69. The van der Waals surface area contributed by atoms with E-state index in [1.54, 1.807) is 11.3 Å². The van der Waals surface area contributed by atoms with Gasteiger partial charge in [0, 0.05) is 11.1 Å². The smallest absolute Gasteiger partial charge is 0.183 e. The fraction of sp³-hybridized carbons (Fsp3) is 0.400. The SMILES string of the molecule is Cc1cnc(NC(C)c2cccc(OC(C)C)c2)s1. The van der Waals surface area contributed by atoms with E-state index in [9.17, 15) is 0 Å². The van der Waals surface area contributed by atoms with Crippen molar-refractivity contribution in [2.75, 3.05) is 5.32 Å². The minimum atomic E-state index is 0.195. The lowest BCUT2D eigenvalue weighted by atomic mass is 10.1. The molecule has 0 bridgehead atoms. The van der Waals surface area contributed by atoms with Crippen LogP contribution in [0.4, 0.5) is 5.13 Å². The molecule has 1 unspecified atom stereocenters. The summed E-state index contributed by atoms with van der Waals surface area (Å²) in [6, 6.07) is 8.41. The van der Waals surface area contributed by atoms with Crippen LogP contribution in [0.15, 0.2) is 30.5 Å². The van der Waals surface area contributed by atoms with E-state index in [1.807, 2.05) is 32.2 Å². The van der Waals surface area contributed by atoms with Crippen molar-refractivity contribution in [2.24, 2.45) is 0 Å². The lowest BCUT2D eigenvalue weighted by Gasteiger charge is -2.16. The quantitative estimate of drug-likeness (QED) is 0.878. The first-order chi connectivity index (χ1) is 9.04. The summed E-state index contributed by atoms with van der Waals surface area (Å²) in [6.45, 7) is 8.26. The van der Waals surface area contributed by atoms with E-state index in [0.29, 0.717) is 0 Å². The Morgan fingerprint density at radius 1 is 1.26 bits per heavy atom. The van der Waals surface area contributed by atoms with E-state index in [-0.39, 0.29) is 12.1 Å². The first-order valence-corrected chi connectivity index (χ1v) is 7.32. The van der Waals surface area contributed by atoms with Crippen LogP contribution in [0.3, 0.4) is 0 Å². The molecule has 0 spiro atoms. The van der Waals surface area contributed by atoms with Crippen LogP contribution in [0.2, 0.25) is 0 Å². The van der Waals surface area contributed by atoms with Crippen LogP contribution in [0.1, 0.15) is 37.3 Å². The number of rotatable bonds is 5. The Kier molecular flexibility index (Phi) is 4.43. The summed E-state index contributed by atoms with van der Waals surface area (Å²) < 4.78 is 5.72. The highest BCUT2D eigenvalue weighted by molar-refractivity contribution is 7.15. The van der Waals surface area contributed by atoms with Crippen LogP contribution < -0.4 is 10.1 Å². The Labute approximate surface area is 118 Å². The summed E-state index contributed by atoms with van der Waals surface area (Å²) in [7, 11) is 0. The second kappa shape index (κ2) is 6.06. The second-order valence-electron chi connectivity index (χ2n) is 4.88. The van der Waals surface area contributed by atoms with Gasteiger partial charge in [-0.05, 0) is 45.4 Å². The zero-order valence-electron chi connectivity index (χ0n) is 11.8. The Hall–Kier alpha value is -1.55. The number of nitrogens with one attached hydrogen (secondary N) is 1. The molecule has 0 radical (unpaired) electrons. The normalized spacial score (nSPS) is 12.5. The van der Waals surface area contributed by atoms with E-state index in [4.69, 9.17) is 4.74 Å². The number of aromatic nitrogens is 1. The molecule has 3 nitrogen and oxygen atoms in total. The number of hydrogen-bond donors (Lipinski definition) is 1. The van der Waals surface area contributed by atoms with E-state index in [0.717, 1.165) is 10.9 Å². The highest BCUT2D eigenvalue weighted by atomic mass is 32.1. The monoisotopic (exact) mass is 276 g/mol. The molecule has 1 N–H and O–H groups in total. The standard InChI is InChI=1S/C15H20N2OS/c1-10(2)18-14-7-5-6-13(8-14)12(4)17-15-16-9-11(3)19-15/h5-10,12H,1-4H3,(H,16,17).